The molecule has 0 amide bonds. The molecule has 0 radical (unpaired) electrons. The first kappa shape index (κ1) is 22.3. The average molecular weight is 462 g/mol. The third-order valence-electron chi connectivity index (χ3n) is 6.88. The fourth-order valence-corrected chi connectivity index (χ4v) is 6.39. The van der Waals surface area contributed by atoms with Crippen LogP contribution < -0.4 is 9.47 Å². The molecule has 2 atom stereocenters. The van der Waals surface area contributed by atoms with E-state index in [4.69, 9.17) is 9.47 Å². The van der Waals surface area contributed by atoms with Crippen LogP contribution >= 0.6 is 11.8 Å². The van der Waals surface area contributed by atoms with Crippen molar-refractivity contribution >= 4 is 11.8 Å². The molecule has 1 fully saturated rings. The van der Waals surface area contributed by atoms with Gasteiger partial charge in [0.2, 0.25) is 0 Å². The quantitative estimate of drug-likeness (QED) is 0.517. The highest BCUT2D eigenvalue weighted by atomic mass is 32.2. The minimum atomic E-state index is -1.14. The van der Waals surface area contributed by atoms with E-state index in [1.165, 1.54) is 25.9 Å². The fraction of sp³-hybridized carbons (Fsp3) is 0.357. The number of benzene rings is 3. The van der Waals surface area contributed by atoms with Gasteiger partial charge in [0.15, 0.2) is 0 Å². The molecule has 0 aliphatic carbocycles. The standard InChI is InChI=1S/C28H31NO3S/c1-31-24-13-14-25-27(19-24)33-20-26(21-7-3-2-4-8-21)28(25,30)22-9-11-23(12-10-22)32-18-17-29-15-5-6-16-29/h2-4,7-14,19,26,30H,5-6,15-18,20H2,1H3. The SMILES string of the molecule is COc1ccc2c(c1)SCC(c1ccccc1)C2(O)c1ccc(OCCN2CCCC2)cc1. The lowest BCUT2D eigenvalue weighted by molar-refractivity contribution is 0.0522. The van der Waals surface area contributed by atoms with E-state index in [1.54, 1.807) is 18.9 Å². The summed E-state index contributed by atoms with van der Waals surface area (Å²) >= 11 is 1.78. The molecule has 0 bridgehead atoms. The number of ether oxygens (including phenoxy) is 2. The van der Waals surface area contributed by atoms with Crippen LogP contribution in [0.1, 0.15) is 35.4 Å². The third kappa shape index (κ3) is 4.50. The van der Waals surface area contributed by atoms with E-state index in [0.29, 0.717) is 6.61 Å². The summed E-state index contributed by atoms with van der Waals surface area (Å²) in [4.78, 5) is 3.52. The molecular weight excluding hydrogens is 430 g/mol. The molecule has 0 spiro atoms. The van der Waals surface area contributed by atoms with E-state index in [2.05, 4.69) is 17.0 Å². The molecule has 1 saturated heterocycles. The molecule has 5 rings (SSSR count). The molecule has 3 aromatic rings. The molecule has 5 heteroatoms. The molecule has 2 unspecified atom stereocenters. The number of hydrogen-bond donors (Lipinski definition) is 1. The lowest BCUT2D eigenvalue weighted by Gasteiger charge is -2.42. The highest BCUT2D eigenvalue weighted by Gasteiger charge is 2.45. The molecule has 1 N–H and O–H groups in total. The van der Waals surface area contributed by atoms with Crippen LogP contribution in [0, 0.1) is 0 Å². The molecule has 2 aliphatic heterocycles. The van der Waals surface area contributed by atoms with Gasteiger partial charge in [-0.2, -0.15) is 0 Å². The average Bonchev–Trinajstić information content (AvgIpc) is 3.38. The number of rotatable bonds is 7. The van der Waals surface area contributed by atoms with Crippen molar-refractivity contribution in [3.63, 3.8) is 0 Å². The van der Waals surface area contributed by atoms with Gasteiger partial charge >= 0.3 is 0 Å². The summed E-state index contributed by atoms with van der Waals surface area (Å²) in [7, 11) is 1.68. The van der Waals surface area contributed by atoms with Crippen molar-refractivity contribution in [2.24, 2.45) is 0 Å². The fourth-order valence-electron chi connectivity index (χ4n) is 5.03. The summed E-state index contributed by atoms with van der Waals surface area (Å²) in [5, 5.41) is 12.4. The molecule has 4 nitrogen and oxygen atoms in total. The number of hydrogen-bond acceptors (Lipinski definition) is 5. The van der Waals surface area contributed by atoms with Crippen molar-refractivity contribution in [3.8, 4) is 11.5 Å². The van der Waals surface area contributed by atoms with Crippen molar-refractivity contribution in [3.05, 3.63) is 89.5 Å². The van der Waals surface area contributed by atoms with Crippen LogP contribution in [0.3, 0.4) is 0 Å². The molecule has 172 valence electrons. The van der Waals surface area contributed by atoms with Gasteiger partial charge in [-0.25, -0.2) is 0 Å². The first-order valence-electron chi connectivity index (χ1n) is 11.7. The van der Waals surface area contributed by atoms with Gasteiger partial charge in [-0.15, -0.1) is 11.8 Å². The predicted molar refractivity (Wildman–Crippen MR) is 134 cm³/mol. The molecule has 0 aromatic heterocycles. The van der Waals surface area contributed by atoms with E-state index < -0.39 is 5.60 Å². The van der Waals surface area contributed by atoms with Gasteiger partial charge in [0.1, 0.15) is 23.7 Å². The van der Waals surface area contributed by atoms with E-state index in [9.17, 15) is 5.11 Å². The highest BCUT2D eigenvalue weighted by molar-refractivity contribution is 7.99. The van der Waals surface area contributed by atoms with Crippen LogP contribution in [-0.4, -0.2) is 49.1 Å². The summed E-state index contributed by atoms with van der Waals surface area (Å²) in [5.74, 6) is 2.38. The Morgan fingerprint density at radius 2 is 1.70 bits per heavy atom. The van der Waals surface area contributed by atoms with Gasteiger partial charge < -0.3 is 14.6 Å². The lowest BCUT2D eigenvalue weighted by Crippen LogP contribution is -2.39. The van der Waals surface area contributed by atoms with Crippen LogP contribution in [0.15, 0.2) is 77.7 Å². The number of fused-ring (bicyclic) bond motifs is 1. The highest BCUT2D eigenvalue weighted by Crippen LogP contribution is 2.52. The van der Waals surface area contributed by atoms with Crippen molar-refractivity contribution < 1.29 is 14.6 Å². The zero-order valence-electron chi connectivity index (χ0n) is 19.1. The summed E-state index contributed by atoms with van der Waals surface area (Å²) in [5.41, 5.74) is 1.81. The van der Waals surface area contributed by atoms with Crippen molar-refractivity contribution in [2.75, 3.05) is 39.1 Å². The van der Waals surface area contributed by atoms with Crippen LogP contribution in [-0.2, 0) is 5.60 Å². The summed E-state index contributed by atoms with van der Waals surface area (Å²) in [6.07, 6.45) is 2.59. The molecule has 2 aliphatic rings. The Hall–Kier alpha value is -2.47. The summed E-state index contributed by atoms with van der Waals surface area (Å²) in [6.45, 7) is 4.01. The smallest absolute Gasteiger partial charge is 0.123 e. The molecule has 2 heterocycles. The Balaban J connectivity index is 1.44. The van der Waals surface area contributed by atoms with Crippen LogP contribution in [0.2, 0.25) is 0 Å². The maximum Gasteiger partial charge on any atom is 0.123 e. The van der Waals surface area contributed by atoms with Gasteiger partial charge in [0, 0.05) is 28.7 Å². The Morgan fingerprint density at radius 1 is 0.970 bits per heavy atom. The largest absolute Gasteiger partial charge is 0.497 e. The molecule has 0 saturated carbocycles. The van der Waals surface area contributed by atoms with E-state index in [1.807, 2.05) is 60.7 Å². The van der Waals surface area contributed by atoms with E-state index in [-0.39, 0.29) is 5.92 Å². The van der Waals surface area contributed by atoms with Crippen LogP contribution in [0.4, 0.5) is 0 Å². The molecule has 33 heavy (non-hydrogen) atoms. The lowest BCUT2D eigenvalue weighted by atomic mass is 9.73. The van der Waals surface area contributed by atoms with Crippen LogP contribution in [0.25, 0.3) is 0 Å². The second-order valence-corrected chi connectivity index (χ2v) is 9.89. The third-order valence-corrected chi connectivity index (χ3v) is 8.03. The Morgan fingerprint density at radius 3 is 2.42 bits per heavy atom. The first-order valence-corrected chi connectivity index (χ1v) is 12.7. The zero-order chi connectivity index (χ0) is 22.7. The second-order valence-electron chi connectivity index (χ2n) is 8.82. The number of thioether (sulfide) groups is 1. The number of nitrogens with zero attached hydrogens (tertiary/aromatic N) is 1. The van der Waals surface area contributed by atoms with E-state index >= 15 is 0 Å². The number of likely N-dealkylation sites (tertiary alicyclic amines) is 1. The van der Waals surface area contributed by atoms with Crippen molar-refractivity contribution in [2.45, 2.75) is 29.3 Å². The minimum absolute atomic E-state index is 0.0634. The predicted octanol–water partition coefficient (Wildman–Crippen LogP) is 5.30. The molecular formula is C28H31NO3S. The van der Waals surface area contributed by atoms with E-state index in [0.717, 1.165) is 45.4 Å². The van der Waals surface area contributed by atoms with Gasteiger partial charge in [-0.3, -0.25) is 4.90 Å². The monoisotopic (exact) mass is 461 g/mol. The first-order chi connectivity index (χ1) is 16.2. The van der Waals surface area contributed by atoms with Gasteiger partial charge in [0.25, 0.3) is 0 Å². The summed E-state index contributed by atoms with van der Waals surface area (Å²) < 4.78 is 11.5. The Labute approximate surface area is 200 Å². The number of aliphatic hydroxyl groups is 1. The normalized spacial score (nSPS) is 22.7. The maximum atomic E-state index is 12.4. The van der Waals surface area contributed by atoms with Gasteiger partial charge in [0.05, 0.1) is 7.11 Å². The molecule has 3 aromatic carbocycles. The van der Waals surface area contributed by atoms with Gasteiger partial charge in [-0.1, -0.05) is 48.5 Å². The zero-order valence-corrected chi connectivity index (χ0v) is 19.9. The Kier molecular flexibility index (Phi) is 6.63. The topological polar surface area (TPSA) is 41.9 Å². The van der Waals surface area contributed by atoms with Gasteiger partial charge in [-0.05, 0) is 61.3 Å². The number of methoxy groups -OCH3 is 1. The van der Waals surface area contributed by atoms with Crippen molar-refractivity contribution in [1.29, 1.82) is 0 Å². The minimum Gasteiger partial charge on any atom is -0.497 e. The Bertz CT molecular complexity index is 1070. The summed E-state index contributed by atoms with van der Waals surface area (Å²) in [6, 6.07) is 24.3. The van der Waals surface area contributed by atoms with Crippen LogP contribution in [0.5, 0.6) is 11.5 Å². The second kappa shape index (κ2) is 9.80. The van der Waals surface area contributed by atoms with Crippen molar-refractivity contribution in [1.82, 2.24) is 4.90 Å². The maximum absolute atomic E-state index is 12.4.